The normalized spacial score (nSPS) is 11.2. The fourth-order valence-electron chi connectivity index (χ4n) is 2.70. The molecule has 0 aliphatic rings. The van der Waals surface area contributed by atoms with Gasteiger partial charge in [0.1, 0.15) is 0 Å². The molecule has 7 heteroatoms. The Morgan fingerprint density at radius 1 is 1.00 bits per heavy atom. The van der Waals surface area contributed by atoms with E-state index in [1.165, 1.54) is 16.4 Å². The number of hydrogen-bond donors (Lipinski definition) is 1. The molecule has 0 bridgehead atoms. The summed E-state index contributed by atoms with van der Waals surface area (Å²) in [6, 6.07) is 19.3. The van der Waals surface area contributed by atoms with E-state index < -0.39 is 16.0 Å². The second kappa shape index (κ2) is 8.04. The lowest BCUT2D eigenvalue weighted by Crippen LogP contribution is -2.30. The molecule has 0 aromatic heterocycles. The third-order valence-electron chi connectivity index (χ3n) is 4.23. The summed E-state index contributed by atoms with van der Waals surface area (Å²) in [6.07, 6.45) is 0. The zero-order chi connectivity index (χ0) is 20.3. The number of nitrogens with zero attached hydrogens (tertiary/aromatic N) is 1. The SMILES string of the molecule is Cc1ccc(S(=O)(=O)N(Cc2ccc(C(=O)O)cc2)c2cccc(Cl)c2)cc1. The molecule has 0 saturated heterocycles. The summed E-state index contributed by atoms with van der Waals surface area (Å²) >= 11 is 6.08. The number of rotatable bonds is 6. The van der Waals surface area contributed by atoms with Gasteiger partial charge in [0.2, 0.25) is 0 Å². The monoisotopic (exact) mass is 415 g/mol. The van der Waals surface area contributed by atoms with Crippen LogP contribution in [0.5, 0.6) is 0 Å². The molecule has 0 amide bonds. The first kappa shape index (κ1) is 19.9. The molecule has 5 nitrogen and oxygen atoms in total. The van der Waals surface area contributed by atoms with E-state index >= 15 is 0 Å². The van der Waals surface area contributed by atoms with Crippen LogP contribution in [0.3, 0.4) is 0 Å². The predicted molar refractivity (Wildman–Crippen MR) is 109 cm³/mol. The van der Waals surface area contributed by atoms with E-state index in [1.54, 1.807) is 60.7 Å². The van der Waals surface area contributed by atoms with Crippen molar-refractivity contribution in [2.45, 2.75) is 18.4 Å². The molecule has 144 valence electrons. The summed E-state index contributed by atoms with van der Waals surface area (Å²) in [7, 11) is -3.85. The van der Waals surface area contributed by atoms with Crippen molar-refractivity contribution in [2.24, 2.45) is 0 Å². The number of aryl methyl sites for hydroxylation is 1. The third-order valence-corrected chi connectivity index (χ3v) is 6.26. The first-order chi connectivity index (χ1) is 13.3. The number of hydrogen-bond acceptors (Lipinski definition) is 3. The molecule has 3 aromatic rings. The second-order valence-corrected chi connectivity index (χ2v) is 8.61. The number of carboxylic acid groups (broad SMARTS) is 1. The molecular weight excluding hydrogens is 398 g/mol. The smallest absolute Gasteiger partial charge is 0.335 e. The Morgan fingerprint density at radius 2 is 1.64 bits per heavy atom. The molecule has 0 saturated carbocycles. The first-order valence-corrected chi connectivity index (χ1v) is 10.3. The van der Waals surface area contributed by atoms with Crippen LogP contribution in [0.2, 0.25) is 5.02 Å². The van der Waals surface area contributed by atoms with Gasteiger partial charge in [0, 0.05) is 5.02 Å². The topological polar surface area (TPSA) is 74.7 Å². The van der Waals surface area contributed by atoms with Crippen molar-refractivity contribution in [1.82, 2.24) is 0 Å². The van der Waals surface area contributed by atoms with Crippen LogP contribution in [0.15, 0.2) is 77.7 Å². The maximum Gasteiger partial charge on any atom is 0.335 e. The van der Waals surface area contributed by atoms with E-state index in [9.17, 15) is 13.2 Å². The van der Waals surface area contributed by atoms with Crippen LogP contribution in [0.1, 0.15) is 21.5 Å². The minimum absolute atomic E-state index is 0.0381. The highest BCUT2D eigenvalue weighted by Gasteiger charge is 2.25. The van der Waals surface area contributed by atoms with E-state index in [0.29, 0.717) is 16.3 Å². The zero-order valence-electron chi connectivity index (χ0n) is 15.0. The average molecular weight is 416 g/mol. The van der Waals surface area contributed by atoms with Crippen LogP contribution < -0.4 is 4.31 Å². The van der Waals surface area contributed by atoms with E-state index in [1.807, 2.05) is 6.92 Å². The van der Waals surface area contributed by atoms with Crippen molar-refractivity contribution < 1.29 is 18.3 Å². The first-order valence-electron chi connectivity index (χ1n) is 8.44. The van der Waals surface area contributed by atoms with Crippen molar-refractivity contribution >= 4 is 33.3 Å². The van der Waals surface area contributed by atoms with Gasteiger partial charge in [0.05, 0.1) is 22.7 Å². The Morgan fingerprint density at radius 3 is 2.21 bits per heavy atom. The summed E-state index contributed by atoms with van der Waals surface area (Å²) in [6.45, 7) is 1.92. The Hall–Kier alpha value is -2.83. The maximum absolute atomic E-state index is 13.3. The quantitative estimate of drug-likeness (QED) is 0.630. The highest BCUT2D eigenvalue weighted by atomic mass is 35.5. The largest absolute Gasteiger partial charge is 0.478 e. The number of aromatic carboxylic acids is 1. The van der Waals surface area contributed by atoms with Crippen molar-refractivity contribution in [3.8, 4) is 0 Å². The van der Waals surface area contributed by atoms with E-state index in [4.69, 9.17) is 16.7 Å². The zero-order valence-corrected chi connectivity index (χ0v) is 16.6. The summed E-state index contributed by atoms with van der Waals surface area (Å²) in [5, 5.41) is 9.46. The van der Waals surface area contributed by atoms with Gasteiger partial charge in [-0.1, -0.05) is 47.5 Å². The third kappa shape index (κ3) is 4.35. The minimum Gasteiger partial charge on any atom is -0.478 e. The molecule has 0 radical (unpaired) electrons. The Bertz CT molecular complexity index is 1090. The van der Waals surface area contributed by atoms with Gasteiger partial charge in [-0.05, 0) is 55.0 Å². The minimum atomic E-state index is -3.85. The van der Waals surface area contributed by atoms with Crippen molar-refractivity contribution in [3.63, 3.8) is 0 Å². The fourth-order valence-corrected chi connectivity index (χ4v) is 4.33. The molecule has 3 rings (SSSR count). The maximum atomic E-state index is 13.3. The lowest BCUT2D eigenvalue weighted by Gasteiger charge is -2.25. The van der Waals surface area contributed by atoms with Gasteiger partial charge in [-0.15, -0.1) is 0 Å². The molecule has 0 heterocycles. The molecule has 28 heavy (non-hydrogen) atoms. The number of carbonyl (C=O) groups is 1. The molecule has 0 aliphatic heterocycles. The van der Waals surface area contributed by atoms with Gasteiger partial charge < -0.3 is 5.11 Å². The summed E-state index contributed by atoms with van der Waals surface area (Å²) in [5.74, 6) is -1.04. The lowest BCUT2D eigenvalue weighted by atomic mass is 10.1. The summed E-state index contributed by atoms with van der Waals surface area (Å²) in [5.41, 5.74) is 2.17. The molecule has 0 atom stereocenters. The number of benzene rings is 3. The Balaban J connectivity index is 2.04. The van der Waals surface area contributed by atoms with Crippen molar-refractivity contribution in [1.29, 1.82) is 0 Å². The van der Waals surface area contributed by atoms with Crippen LogP contribution in [-0.2, 0) is 16.6 Å². The molecule has 0 unspecified atom stereocenters. The van der Waals surface area contributed by atoms with Crippen LogP contribution >= 0.6 is 11.6 Å². The molecule has 1 N–H and O–H groups in total. The number of sulfonamides is 1. The lowest BCUT2D eigenvalue weighted by molar-refractivity contribution is 0.0697. The summed E-state index contributed by atoms with van der Waals surface area (Å²) in [4.78, 5) is 11.2. The van der Waals surface area contributed by atoms with E-state index in [-0.39, 0.29) is 17.0 Å². The van der Waals surface area contributed by atoms with Gasteiger partial charge in [0.15, 0.2) is 0 Å². The number of carboxylic acids is 1. The van der Waals surface area contributed by atoms with Crippen LogP contribution in [0, 0.1) is 6.92 Å². The van der Waals surface area contributed by atoms with Crippen LogP contribution in [0.25, 0.3) is 0 Å². The standard InChI is InChI=1S/C21H18ClNO4S/c1-15-5-11-20(12-6-15)28(26,27)23(19-4-2-3-18(22)13-19)14-16-7-9-17(10-8-16)21(24)25/h2-13H,14H2,1H3,(H,24,25). The number of anilines is 1. The van der Waals surface area contributed by atoms with E-state index in [0.717, 1.165) is 5.56 Å². The molecule has 3 aromatic carbocycles. The van der Waals surface area contributed by atoms with Crippen molar-refractivity contribution in [2.75, 3.05) is 4.31 Å². The highest BCUT2D eigenvalue weighted by molar-refractivity contribution is 7.92. The molecular formula is C21H18ClNO4S. The second-order valence-electron chi connectivity index (χ2n) is 6.31. The van der Waals surface area contributed by atoms with Gasteiger partial charge in [0.25, 0.3) is 10.0 Å². The van der Waals surface area contributed by atoms with Crippen LogP contribution in [0.4, 0.5) is 5.69 Å². The molecule has 0 fully saturated rings. The van der Waals surface area contributed by atoms with Crippen LogP contribution in [-0.4, -0.2) is 19.5 Å². The van der Waals surface area contributed by atoms with E-state index in [2.05, 4.69) is 0 Å². The Kier molecular flexibility index (Phi) is 5.72. The summed E-state index contributed by atoms with van der Waals surface area (Å²) < 4.78 is 27.9. The van der Waals surface area contributed by atoms with Gasteiger partial charge in [-0.25, -0.2) is 13.2 Å². The Labute approximate surface area is 168 Å². The molecule has 0 spiro atoms. The van der Waals surface area contributed by atoms with Gasteiger partial charge in [-0.3, -0.25) is 4.31 Å². The van der Waals surface area contributed by atoms with Gasteiger partial charge >= 0.3 is 5.97 Å². The number of halogens is 1. The average Bonchev–Trinajstić information content (AvgIpc) is 2.66. The molecule has 0 aliphatic carbocycles. The van der Waals surface area contributed by atoms with Gasteiger partial charge in [-0.2, -0.15) is 0 Å². The predicted octanol–water partition coefficient (Wildman–Crippen LogP) is 4.74. The van der Waals surface area contributed by atoms with Crippen molar-refractivity contribution in [3.05, 3.63) is 94.5 Å². The highest BCUT2D eigenvalue weighted by Crippen LogP contribution is 2.28. The fraction of sp³-hybridized carbons (Fsp3) is 0.0952.